The topological polar surface area (TPSA) is 38.3 Å². The number of anilines is 1. The van der Waals surface area contributed by atoms with Gasteiger partial charge in [0.15, 0.2) is 0 Å². The normalized spacial score (nSPS) is 11.9. The molecule has 0 amide bonds. The van der Waals surface area contributed by atoms with Gasteiger partial charge >= 0.3 is 5.97 Å². The van der Waals surface area contributed by atoms with E-state index in [4.69, 9.17) is 4.74 Å². The molecule has 1 aromatic carbocycles. The van der Waals surface area contributed by atoms with Gasteiger partial charge in [0.05, 0.1) is 6.61 Å². The van der Waals surface area contributed by atoms with Crippen LogP contribution in [0.4, 0.5) is 5.69 Å². The lowest BCUT2D eigenvalue weighted by Crippen LogP contribution is -2.30. The number of ether oxygens (including phenoxy) is 1. The molecule has 0 aliphatic heterocycles. The summed E-state index contributed by atoms with van der Waals surface area (Å²) in [4.78, 5) is 11.5. The number of rotatable bonds is 5. The molecule has 1 aromatic rings. The fourth-order valence-corrected chi connectivity index (χ4v) is 1.31. The molecule has 0 spiro atoms. The molecule has 0 aliphatic carbocycles. The van der Waals surface area contributed by atoms with Crippen LogP contribution in [0.1, 0.15) is 20.3 Å². The first-order valence-corrected chi connectivity index (χ1v) is 5.26. The maximum absolute atomic E-state index is 11.5. The molecule has 3 heteroatoms. The summed E-state index contributed by atoms with van der Waals surface area (Å²) in [6.07, 6.45) is 0.716. The molecule has 0 heterocycles. The van der Waals surface area contributed by atoms with Gasteiger partial charge < -0.3 is 10.1 Å². The number of carbonyl (C=O) groups excluding carboxylic acids is 1. The van der Waals surface area contributed by atoms with Crippen LogP contribution in [0.5, 0.6) is 0 Å². The Morgan fingerprint density at radius 1 is 1.33 bits per heavy atom. The Bertz CT molecular complexity index is 298. The van der Waals surface area contributed by atoms with Crippen LogP contribution >= 0.6 is 0 Å². The van der Waals surface area contributed by atoms with E-state index < -0.39 is 0 Å². The van der Waals surface area contributed by atoms with Crippen LogP contribution < -0.4 is 5.32 Å². The first kappa shape index (κ1) is 11.6. The molecule has 0 saturated carbocycles. The molecular formula is C12H17NO2. The van der Waals surface area contributed by atoms with Crippen molar-refractivity contribution in [3.05, 3.63) is 30.3 Å². The third-order valence-electron chi connectivity index (χ3n) is 2.09. The van der Waals surface area contributed by atoms with Gasteiger partial charge in [-0.1, -0.05) is 25.1 Å². The molecule has 1 atom stereocenters. The number of carbonyl (C=O) groups is 1. The lowest BCUT2D eigenvalue weighted by molar-refractivity contribution is -0.144. The van der Waals surface area contributed by atoms with E-state index in [0.29, 0.717) is 13.0 Å². The summed E-state index contributed by atoms with van der Waals surface area (Å²) in [5.41, 5.74) is 0.942. The minimum absolute atomic E-state index is 0.191. The van der Waals surface area contributed by atoms with Crippen LogP contribution in [0.3, 0.4) is 0 Å². The van der Waals surface area contributed by atoms with Gasteiger partial charge in [-0.05, 0) is 25.5 Å². The van der Waals surface area contributed by atoms with E-state index in [2.05, 4.69) is 5.32 Å². The van der Waals surface area contributed by atoms with E-state index in [1.54, 1.807) is 0 Å². The maximum atomic E-state index is 11.5. The molecule has 15 heavy (non-hydrogen) atoms. The quantitative estimate of drug-likeness (QED) is 0.754. The fraction of sp³-hybridized carbons (Fsp3) is 0.417. The second-order valence-electron chi connectivity index (χ2n) is 3.22. The lowest BCUT2D eigenvalue weighted by Gasteiger charge is -2.16. The van der Waals surface area contributed by atoms with Crippen LogP contribution in [0.15, 0.2) is 30.3 Å². The third kappa shape index (κ3) is 3.62. The van der Waals surface area contributed by atoms with Crippen LogP contribution in [-0.2, 0) is 9.53 Å². The van der Waals surface area contributed by atoms with Gasteiger partial charge in [0.25, 0.3) is 0 Å². The monoisotopic (exact) mass is 207 g/mol. The van der Waals surface area contributed by atoms with Gasteiger partial charge in [0.2, 0.25) is 0 Å². The van der Waals surface area contributed by atoms with Gasteiger partial charge in [-0.25, -0.2) is 4.79 Å². The number of hydrogen-bond donors (Lipinski definition) is 1. The Balaban J connectivity index is 2.58. The Hall–Kier alpha value is -1.51. The van der Waals surface area contributed by atoms with Crippen molar-refractivity contribution < 1.29 is 9.53 Å². The van der Waals surface area contributed by atoms with Crippen LogP contribution in [-0.4, -0.2) is 18.6 Å². The van der Waals surface area contributed by atoms with Gasteiger partial charge in [-0.3, -0.25) is 0 Å². The second-order valence-corrected chi connectivity index (χ2v) is 3.22. The molecule has 0 radical (unpaired) electrons. The van der Waals surface area contributed by atoms with E-state index in [1.807, 2.05) is 44.2 Å². The summed E-state index contributed by atoms with van der Waals surface area (Å²) in [6, 6.07) is 9.41. The van der Waals surface area contributed by atoms with Crippen LogP contribution in [0.25, 0.3) is 0 Å². The van der Waals surface area contributed by atoms with Crippen LogP contribution in [0, 0.1) is 0 Å². The Labute approximate surface area is 90.4 Å². The van der Waals surface area contributed by atoms with E-state index in [-0.39, 0.29) is 12.0 Å². The summed E-state index contributed by atoms with van der Waals surface area (Å²) < 4.78 is 4.97. The number of hydrogen-bond acceptors (Lipinski definition) is 3. The standard InChI is InChI=1S/C12H17NO2/c1-3-11(12(14)15-4-2)13-10-8-6-5-7-9-10/h5-9,11,13H,3-4H2,1-2H3/t11-/m0/s1. The smallest absolute Gasteiger partial charge is 0.328 e. The molecule has 3 nitrogen and oxygen atoms in total. The van der Waals surface area contributed by atoms with Crippen molar-refractivity contribution in [1.29, 1.82) is 0 Å². The van der Waals surface area contributed by atoms with Gasteiger partial charge in [-0.2, -0.15) is 0 Å². The minimum Gasteiger partial charge on any atom is -0.464 e. The predicted octanol–water partition coefficient (Wildman–Crippen LogP) is 2.44. The van der Waals surface area contributed by atoms with E-state index in [9.17, 15) is 4.79 Å². The third-order valence-corrected chi connectivity index (χ3v) is 2.09. The molecule has 0 aliphatic rings. The molecule has 0 saturated heterocycles. The van der Waals surface area contributed by atoms with E-state index in [1.165, 1.54) is 0 Å². The van der Waals surface area contributed by atoms with Crippen LogP contribution in [0.2, 0.25) is 0 Å². The number of esters is 1. The summed E-state index contributed by atoms with van der Waals surface area (Å²) in [5, 5.41) is 3.14. The SMILES string of the molecule is CCOC(=O)[C@H](CC)Nc1ccccc1. The number of para-hydroxylation sites is 1. The van der Waals surface area contributed by atoms with E-state index >= 15 is 0 Å². The molecule has 0 aromatic heterocycles. The minimum atomic E-state index is -0.257. The van der Waals surface area contributed by atoms with Crippen molar-refractivity contribution in [1.82, 2.24) is 0 Å². The Morgan fingerprint density at radius 2 is 2.00 bits per heavy atom. The number of nitrogens with one attached hydrogen (secondary N) is 1. The molecule has 82 valence electrons. The average molecular weight is 207 g/mol. The Morgan fingerprint density at radius 3 is 2.53 bits per heavy atom. The highest BCUT2D eigenvalue weighted by Gasteiger charge is 2.16. The highest BCUT2D eigenvalue weighted by molar-refractivity contribution is 5.79. The maximum Gasteiger partial charge on any atom is 0.328 e. The largest absolute Gasteiger partial charge is 0.464 e. The van der Waals surface area contributed by atoms with Crippen molar-refractivity contribution in [2.24, 2.45) is 0 Å². The molecular weight excluding hydrogens is 190 g/mol. The highest BCUT2D eigenvalue weighted by Crippen LogP contribution is 2.09. The van der Waals surface area contributed by atoms with E-state index in [0.717, 1.165) is 5.69 Å². The van der Waals surface area contributed by atoms with Gasteiger partial charge in [0.1, 0.15) is 6.04 Å². The zero-order chi connectivity index (χ0) is 11.1. The molecule has 0 unspecified atom stereocenters. The molecule has 0 bridgehead atoms. The zero-order valence-corrected chi connectivity index (χ0v) is 9.19. The van der Waals surface area contributed by atoms with Crippen molar-refractivity contribution in [3.63, 3.8) is 0 Å². The zero-order valence-electron chi connectivity index (χ0n) is 9.19. The number of benzene rings is 1. The molecule has 1 N–H and O–H groups in total. The van der Waals surface area contributed by atoms with Crippen molar-refractivity contribution in [2.45, 2.75) is 26.3 Å². The van der Waals surface area contributed by atoms with Gasteiger partial charge in [0, 0.05) is 5.69 Å². The fourth-order valence-electron chi connectivity index (χ4n) is 1.31. The first-order valence-electron chi connectivity index (χ1n) is 5.26. The summed E-state index contributed by atoms with van der Waals surface area (Å²) in [6.45, 7) is 4.19. The van der Waals surface area contributed by atoms with Crippen molar-refractivity contribution in [3.8, 4) is 0 Å². The molecule has 1 rings (SSSR count). The lowest BCUT2D eigenvalue weighted by atomic mass is 10.2. The van der Waals surface area contributed by atoms with Gasteiger partial charge in [-0.15, -0.1) is 0 Å². The van der Waals surface area contributed by atoms with Crippen molar-refractivity contribution >= 4 is 11.7 Å². The summed E-state index contributed by atoms with van der Waals surface area (Å²) >= 11 is 0. The molecule has 0 fully saturated rings. The highest BCUT2D eigenvalue weighted by atomic mass is 16.5. The average Bonchev–Trinajstić information content (AvgIpc) is 2.27. The Kier molecular flexibility index (Phi) is 4.68. The van der Waals surface area contributed by atoms with Crippen molar-refractivity contribution in [2.75, 3.05) is 11.9 Å². The summed E-state index contributed by atoms with van der Waals surface area (Å²) in [7, 11) is 0. The predicted molar refractivity (Wildman–Crippen MR) is 60.8 cm³/mol. The summed E-state index contributed by atoms with van der Waals surface area (Å²) in [5.74, 6) is -0.191. The second kappa shape index (κ2) is 6.06. The first-order chi connectivity index (χ1) is 7.27.